The predicted octanol–water partition coefficient (Wildman–Crippen LogP) is 7.96. The van der Waals surface area contributed by atoms with E-state index in [0.717, 1.165) is 47.1 Å². The van der Waals surface area contributed by atoms with Crippen LogP contribution in [0.15, 0.2) is 0 Å². The van der Waals surface area contributed by atoms with Crippen molar-refractivity contribution in [2.75, 3.05) is 0 Å². The van der Waals surface area contributed by atoms with Gasteiger partial charge >= 0.3 is 0 Å². The van der Waals surface area contributed by atoms with Gasteiger partial charge in [-0.15, -0.1) is 9.24 Å². The highest BCUT2D eigenvalue weighted by Gasteiger charge is 2.38. The minimum absolute atomic E-state index is 0.828. The van der Waals surface area contributed by atoms with Crippen LogP contribution in [0.5, 0.6) is 0 Å². The van der Waals surface area contributed by atoms with Crippen LogP contribution in [0.4, 0.5) is 0 Å². The number of hydrogen-bond donors (Lipinski definition) is 0. The SMILES string of the molecule is CCCC1CCCCC1C1CCC(C(C)C(P)CCC(C)C)C(C)C1. The molecule has 0 spiro atoms. The molecule has 2 aliphatic carbocycles. The molecule has 0 aromatic heterocycles. The summed E-state index contributed by atoms with van der Waals surface area (Å²) < 4.78 is 0. The largest absolute Gasteiger partial charge is 0.134 e. The van der Waals surface area contributed by atoms with Crippen LogP contribution in [0.1, 0.15) is 105 Å². The van der Waals surface area contributed by atoms with Gasteiger partial charge in [0.15, 0.2) is 0 Å². The first-order valence-corrected chi connectivity index (χ1v) is 12.4. The summed E-state index contributed by atoms with van der Waals surface area (Å²) >= 11 is 0. The monoisotopic (exact) mass is 366 g/mol. The highest BCUT2D eigenvalue weighted by atomic mass is 31.0. The molecule has 0 N–H and O–H groups in total. The molecule has 0 amide bonds. The van der Waals surface area contributed by atoms with E-state index in [4.69, 9.17) is 0 Å². The molecule has 2 rings (SSSR count). The first kappa shape index (κ1) is 21.7. The molecule has 2 aliphatic rings. The van der Waals surface area contributed by atoms with Crippen LogP contribution in [0.2, 0.25) is 0 Å². The average molecular weight is 367 g/mol. The highest BCUT2D eigenvalue weighted by molar-refractivity contribution is 7.17. The Labute approximate surface area is 161 Å². The van der Waals surface area contributed by atoms with Gasteiger partial charge in [-0.05, 0) is 79.2 Å². The summed E-state index contributed by atoms with van der Waals surface area (Å²) in [6.45, 7) is 12.3. The van der Waals surface area contributed by atoms with Gasteiger partial charge in [0, 0.05) is 0 Å². The minimum Gasteiger partial charge on any atom is -0.134 e. The molecule has 0 aromatic rings. The van der Waals surface area contributed by atoms with Crippen molar-refractivity contribution in [1.29, 1.82) is 0 Å². The molecule has 0 bridgehead atoms. The molecular weight excluding hydrogens is 319 g/mol. The van der Waals surface area contributed by atoms with E-state index in [1.165, 1.54) is 64.2 Å². The topological polar surface area (TPSA) is 0 Å². The number of rotatable bonds is 8. The molecule has 8 unspecified atom stereocenters. The van der Waals surface area contributed by atoms with Crippen molar-refractivity contribution in [3.63, 3.8) is 0 Å². The maximum Gasteiger partial charge on any atom is -0.0236 e. The van der Waals surface area contributed by atoms with Crippen LogP contribution >= 0.6 is 9.24 Å². The molecule has 0 heterocycles. The fourth-order valence-corrected chi connectivity index (χ4v) is 6.80. The highest BCUT2D eigenvalue weighted by Crippen LogP contribution is 2.48. The Balaban J connectivity index is 1.88. The Morgan fingerprint density at radius 2 is 1.68 bits per heavy atom. The van der Waals surface area contributed by atoms with Gasteiger partial charge < -0.3 is 0 Å². The van der Waals surface area contributed by atoms with E-state index in [2.05, 4.69) is 43.9 Å². The maximum absolute atomic E-state index is 3.21. The summed E-state index contributed by atoms with van der Waals surface area (Å²) in [5.74, 6) is 6.83. The first-order valence-electron chi connectivity index (χ1n) is 11.7. The summed E-state index contributed by atoms with van der Waals surface area (Å²) in [5.41, 5.74) is 0.828. The zero-order valence-electron chi connectivity index (χ0n) is 18.0. The second kappa shape index (κ2) is 10.7. The molecule has 25 heavy (non-hydrogen) atoms. The Morgan fingerprint density at radius 1 is 0.960 bits per heavy atom. The smallest absolute Gasteiger partial charge is 0.0236 e. The third kappa shape index (κ3) is 6.23. The van der Waals surface area contributed by atoms with Crippen LogP contribution in [0, 0.1) is 41.4 Å². The van der Waals surface area contributed by atoms with Gasteiger partial charge in [0.2, 0.25) is 0 Å². The average Bonchev–Trinajstić information content (AvgIpc) is 2.59. The van der Waals surface area contributed by atoms with Gasteiger partial charge in [0.05, 0.1) is 0 Å². The van der Waals surface area contributed by atoms with Gasteiger partial charge in [-0.1, -0.05) is 73.1 Å². The number of hydrogen-bond acceptors (Lipinski definition) is 0. The maximum atomic E-state index is 3.21. The molecule has 1 heteroatoms. The zero-order valence-corrected chi connectivity index (χ0v) is 19.1. The van der Waals surface area contributed by atoms with E-state index in [1.807, 2.05) is 0 Å². The lowest BCUT2D eigenvalue weighted by Crippen LogP contribution is -2.36. The van der Waals surface area contributed by atoms with Crippen molar-refractivity contribution in [1.82, 2.24) is 0 Å². The third-order valence-electron chi connectivity index (χ3n) is 7.94. The summed E-state index contributed by atoms with van der Waals surface area (Å²) in [6.07, 6.45) is 16.4. The fraction of sp³-hybridized carbons (Fsp3) is 1.00. The van der Waals surface area contributed by atoms with Crippen LogP contribution in [0.25, 0.3) is 0 Å². The van der Waals surface area contributed by atoms with Crippen LogP contribution in [-0.2, 0) is 0 Å². The Hall–Kier alpha value is 0.430. The van der Waals surface area contributed by atoms with Gasteiger partial charge in [-0.2, -0.15) is 0 Å². The van der Waals surface area contributed by atoms with Gasteiger partial charge in [0.1, 0.15) is 0 Å². The van der Waals surface area contributed by atoms with Gasteiger partial charge in [-0.3, -0.25) is 0 Å². The fourth-order valence-electron chi connectivity index (χ4n) is 6.32. The molecule has 0 saturated heterocycles. The molecule has 8 atom stereocenters. The molecule has 0 radical (unpaired) electrons. The van der Waals surface area contributed by atoms with Gasteiger partial charge in [-0.25, -0.2) is 0 Å². The Morgan fingerprint density at radius 3 is 2.32 bits per heavy atom. The van der Waals surface area contributed by atoms with Crippen molar-refractivity contribution < 1.29 is 0 Å². The lowest BCUT2D eigenvalue weighted by atomic mass is 9.61. The van der Waals surface area contributed by atoms with Crippen LogP contribution < -0.4 is 0 Å². The summed E-state index contributed by atoms with van der Waals surface area (Å²) in [7, 11) is 3.21. The van der Waals surface area contributed by atoms with Crippen molar-refractivity contribution in [2.24, 2.45) is 41.4 Å². The first-order chi connectivity index (χ1) is 11.9. The third-order valence-corrected chi connectivity index (χ3v) is 8.88. The molecule has 2 saturated carbocycles. The van der Waals surface area contributed by atoms with E-state index in [1.54, 1.807) is 6.42 Å². The standard InChI is InChI=1S/C24H47P/c1-6-9-20-10-7-8-11-23(20)21-13-14-22(18(4)16-21)19(5)24(25)15-12-17(2)3/h17-24H,6-16,25H2,1-5H3. The van der Waals surface area contributed by atoms with Crippen molar-refractivity contribution in [3.05, 3.63) is 0 Å². The second-order valence-electron chi connectivity index (χ2n) is 10.2. The van der Waals surface area contributed by atoms with E-state index in [-0.39, 0.29) is 0 Å². The predicted molar refractivity (Wildman–Crippen MR) is 117 cm³/mol. The van der Waals surface area contributed by atoms with E-state index >= 15 is 0 Å². The van der Waals surface area contributed by atoms with E-state index in [0.29, 0.717) is 0 Å². The second-order valence-corrected chi connectivity index (χ2v) is 11.1. The summed E-state index contributed by atoms with van der Waals surface area (Å²) in [4.78, 5) is 0. The normalized spacial score (nSPS) is 36.4. The Kier molecular flexibility index (Phi) is 9.29. The summed E-state index contributed by atoms with van der Waals surface area (Å²) in [5, 5.41) is 0. The molecule has 0 aliphatic heterocycles. The molecule has 0 nitrogen and oxygen atoms in total. The lowest BCUT2D eigenvalue weighted by molar-refractivity contribution is 0.0618. The molecule has 2 fully saturated rings. The zero-order chi connectivity index (χ0) is 18.4. The Bertz CT molecular complexity index is 361. The summed E-state index contributed by atoms with van der Waals surface area (Å²) in [6, 6.07) is 0. The van der Waals surface area contributed by atoms with Crippen LogP contribution in [0.3, 0.4) is 0 Å². The quantitative estimate of drug-likeness (QED) is 0.382. The van der Waals surface area contributed by atoms with E-state index < -0.39 is 0 Å². The van der Waals surface area contributed by atoms with Crippen molar-refractivity contribution in [3.8, 4) is 0 Å². The van der Waals surface area contributed by atoms with Crippen LogP contribution in [-0.4, -0.2) is 5.66 Å². The minimum atomic E-state index is 0.828. The van der Waals surface area contributed by atoms with Gasteiger partial charge in [0.25, 0.3) is 0 Å². The van der Waals surface area contributed by atoms with Crippen molar-refractivity contribution >= 4 is 9.24 Å². The van der Waals surface area contributed by atoms with E-state index in [9.17, 15) is 0 Å². The lowest BCUT2D eigenvalue weighted by Gasteiger charge is -2.45. The molecular formula is C24H47P. The molecule has 148 valence electrons. The van der Waals surface area contributed by atoms with Crippen molar-refractivity contribution in [2.45, 2.75) is 111 Å². The molecule has 0 aromatic carbocycles.